The number of anilines is 1. The van der Waals surface area contributed by atoms with Gasteiger partial charge in [-0.2, -0.15) is 4.31 Å². The Morgan fingerprint density at radius 2 is 1.56 bits per heavy atom. The topological polar surface area (TPSA) is 95.6 Å². The van der Waals surface area contributed by atoms with Crippen molar-refractivity contribution in [2.24, 2.45) is 0 Å². The van der Waals surface area contributed by atoms with Crippen molar-refractivity contribution in [3.63, 3.8) is 0 Å². The summed E-state index contributed by atoms with van der Waals surface area (Å²) in [5.41, 5.74) is 1.73. The molecule has 0 spiro atoms. The van der Waals surface area contributed by atoms with Crippen molar-refractivity contribution in [1.82, 2.24) is 9.62 Å². The lowest BCUT2D eigenvalue weighted by Crippen LogP contribution is -2.35. The molecule has 0 aliphatic rings. The molecule has 2 N–H and O–H groups in total. The van der Waals surface area contributed by atoms with E-state index in [2.05, 4.69) is 10.6 Å². The van der Waals surface area contributed by atoms with Crippen LogP contribution in [0.5, 0.6) is 0 Å². The quantitative estimate of drug-likeness (QED) is 0.417. The minimum Gasteiger partial charge on any atom is -0.352 e. The minimum atomic E-state index is -3.83. The number of sulfonamides is 1. The van der Waals surface area contributed by atoms with Gasteiger partial charge in [-0.3, -0.25) is 9.59 Å². The van der Waals surface area contributed by atoms with Gasteiger partial charge in [-0.15, -0.1) is 11.8 Å². The highest BCUT2D eigenvalue weighted by molar-refractivity contribution is 7.98. The Morgan fingerprint density at radius 3 is 2.24 bits per heavy atom. The Kier molecular flexibility index (Phi) is 8.86. The molecule has 0 aliphatic heterocycles. The van der Waals surface area contributed by atoms with Gasteiger partial charge in [0.1, 0.15) is 0 Å². The number of likely N-dealkylation sites (N-methyl/N-ethyl adjacent to an activating group) is 1. The van der Waals surface area contributed by atoms with Crippen LogP contribution < -0.4 is 10.6 Å². The maximum Gasteiger partial charge on any atom is 0.253 e. The summed E-state index contributed by atoms with van der Waals surface area (Å²) in [5.74, 6) is -0.863. The van der Waals surface area contributed by atoms with E-state index in [-0.39, 0.29) is 10.8 Å². The summed E-state index contributed by atoms with van der Waals surface area (Å²) in [4.78, 5) is 26.4. The minimum absolute atomic E-state index is 0.110. The van der Waals surface area contributed by atoms with Crippen LogP contribution in [0.25, 0.3) is 0 Å². The van der Waals surface area contributed by atoms with Crippen molar-refractivity contribution >= 4 is 39.3 Å². The third-order valence-electron chi connectivity index (χ3n) is 5.12. The van der Waals surface area contributed by atoms with Gasteiger partial charge in [-0.05, 0) is 54.6 Å². The molecule has 0 heterocycles. The van der Waals surface area contributed by atoms with E-state index in [1.54, 1.807) is 36.4 Å². The number of rotatable bonds is 10. The molecule has 3 aromatic carbocycles. The first-order valence-corrected chi connectivity index (χ1v) is 13.3. The monoisotopic (exact) mass is 497 g/mol. The number of nitrogens with zero attached hydrogens (tertiary/aromatic N) is 1. The predicted octanol–water partition coefficient (Wildman–Crippen LogP) is 3.64. The van der Waals surface area contributed by atoms with Crippen molar-refractivity contribution in [2.75, 3.05) is 31.7 Å². The molecular formula is C25H27N3O4S2. The molecule has 0 bridgehead atoms. The molecule has 0 atom stereocenters. The first kappa shape index (κ1) is 25.5. The van der Waals surface area contributed by atoms with Crippen LogP contribution >= 0.6 is 11.8 Å². The summed E-state index contributed by atoms with van der Waals surface area (Å²) in [5, 5.41) is 5.52. The molecule has 2 amide bonds. The van der Waals surface area contributed by atoms with E-state index in [9.17, 15) is 18.0 Å². The van der Waals surface area contributed by atoms with E-state index in [1.165, 1.54) is 30.9 Å². The van der Waals surface area contributed by atoms with Gasteiger partial charge in [0, 0.05) is 18.5 Å². The predicted molar refractivity (Wildman–Crippen MR) is 136 cm³/mol. The van der Waals surface area contributed by atoms with Crippen LogP contribution in [-0.2, 0) is 21.2 Å². The Balaban J connectivity index is 1.61. The molecule has 9 heteroatoms. The van der Waals surface area contributed by atoms with E-state index in [0.717, 1.165) is 14.8 Å². The van der Waals surface area contributed by atoms with Crippen LogP contribution in [0, 0.1) is 0 Å². The van der Waals surface area contributed by atoms with Crippen LogP contribution in [0.1, 0.15) is 15.9 Å². The number of thioether (sulfide) groups is 1. The molecule has 0 saturated carbocycles. The normalized spacial score (nSPS) is 11.3. The van der Waals surface area contributed by atoms with Gasteiger partial charge in [0.25, 0.3) is 5.91 Å². The van der Waals surface area contributed by atoms with E-state index >= 15 is 0 Å². The number of hydrogen-bond donors (Lipinski definition) is 2. The number of carbonyl (C=O) groups excluding carboxylic acids is 2. The molecule has 178 valence electrons. The van der Waals surface area contributed by atoms with Crippen molar-refractivity contribution in [2.45, 2.75) is 16.2 Å². The maximum absolute atomic E-state index is 12.8. The SMILES string of the molecule is CSc1ccc(S(=O)(=O)N(C)CC(=O)Nc2ccccc2C(=O)NCCc2ccccc2)cc1. The van der Waals surface area contributed by atoms with Gasteiger partial charge in [-0.1, -0.05) is 42.5 Å². The van der Waals surface area contributed by atoms with Crippen LogP contribution in [0.3, 0.4) is 0 Å². The zero-order valence-electron chi connectivity index (χ0n) is 19.0. The van der Waals surface area contributed by atoms with Gasteiger partial charge >= 0.3 is 0 Å². The molecule has 34 heavy (non-hydrogen) atoms. The van der Waals surface area contributed by atoms with Gasteiger partial charge in [-0.25, -0.2) is 8.42 Å². The van der Waals surface area contributed by atoms with Crippen molar-refractivity contribution in [3.05, 3.63) is 90.0 Å². The van der Waals surface area contributed by atoms with Gasteiger partial charge in [0.05, 0.1) is 22.7 Å². The Morgan fingerprint density at radius 1 is 0.912 bits per heavy atom. The number of carbonyl (C=O) groups is 2. The lowest BCUT2D eigenvalue weighted by Gasteiger charge is -2.18. The van der Waals surface area contributed by atoms with Gasteiger partial charge < -0.3 is 10.6 Å². The lowest BCUT2D eigenvalue weighted by atomic mass is 10.1. The maximum atomic E-state index is 12.8. The van der Waals surface area contributed by atoms with Gasteiger partial charge in [0.15, 0.2) is 0 Å². The van der Waals surface area contributed by atoms with Crippen LogP contribution in [0.2, 0.25) is 0 Å². The molecule has 0 fully saturated rings. The number of para-hydroxylation sites is 1. The van der Waals surface area contributed by atoms with Crippen molar-refractivity contribution < 1.29 is 18.0 Å². The molecule has 0 saturated heterocycles. The summed E-state index contributed by atoms with van der Waals surface area (Å²) in [6.07, 6.45) is 2.59. The first-order chi connectivity index (χ1) is 16.3. The first-order valence-electron chi connectivity index (χ1n) is 10.6. The molecule has 3 aromatic rings. The fourth-order valence-electron chi connectivity index (χ4n) is 3.25. The molecular weight excluding hydrogens is 470 g/mol. The smallest absolute Gasteiger partial charge is 0.253 e. The second kappa shape index (κ2) is 11.8. The highest BCUT2D eigenvalue weighted by Crippen LogP contribution is 2.20. The Hall–Kier alpha value is -3.14. The molecule has 0 unspecified atom stereocenters. The van der Waals surface area contributed by atoms with E-state index in [0.29, 0.717) is 24.2 Å². The number of benzene rings is 3. The van der Waals surface area contributed by atoms with E-state index in [4.69, 9.17) is 0 Å². The number of amides is 2. The fourth-order valence-corrected chi connectivity index (χ4v) is 4.79. The van der Waals surface area contributed by atoms with Crippen molar-refractivity contribution in [1.29, 1.82) is 0 Å². The average Bonchev–Trinajstić information content (AvgIpc) is 2.85. The second-order valence-electron chi connectivity index (χ2n) is 7.52. The lowest BCUT2D eigenvalue weighted by molar-refractivity contribution is -0.116. The Labute approximate surface area is 204 Å². The summed E-state index contributed by atoms with van der Waals surface area (Å²) in [6.45, 7) is 0.0536. The van der Waals surface area contributed by atoms with Gasteiger partial charge in [0.2, 0.25) is 15.9 Å². The fraction of sp³-hybridized carbons (Fsp3) is 0.200. The molecule has 0 radical (unpaired) electrons. The third kappa shape index (κ3) is 6.69. The van der Waals surface area contributed by atoms with E-state index < -0.39 is 22.5 Å². The second-order valence-corrected chi connectivity index (χ2v) is 10.4. The van der Waals surface area contributed by atoms with Crippen LogP contribution in [0.4, 0.5) is 5.69 Å². The summed E-state index contributed by atoms with van der Waals surface area (Å²) >= 11 is 1.51. The summed E-state index contributed by atoms with van der Waals surface area (Å²) in [7, 11) is -2.49. The van der Waals surface area contributed by atoms with Crippen LogP contribution in [-0.4, -0.2) is 50.9 Å². The molecule has 3 rings (SSSR count). The third-order valence-corrected chi connectivity index (χ3v) is 7.68. The molecule has 7 nitrogen and oxygen atoms in total. The zero-order chi connectivity index (χ0) is 24.6. The standard InChI is InChI=1S/C25H27N3O4S2/c1-28(34(31,32)21-14-12-20(33-2)13-15-21)18-24(29)27-23-11-7-6-10-22(23)25(30)26-17-16-19-8-4-3-5-9-19/h3-15H,16-18H2,1-2H3,(H,26,30)(H,27,29). The number of nitrogens with one attached hydrogen (secondary N) is 2. The molecule has 0 aliphatic carbocycles. The largest absolute Gasteiger partial charge is 0.352 e. The highest BCUT2D eigenvalue weighted by Gasteiger charge is 2.23. The number of hydrogen-bond acceptors (Lipinski definition) is 5. The summed E-state index contributed by atoms with van der Waals surface area (Å²) in [6, 6.07) is 22.9. The summed E-state index contributed by atoms with van der Waals surface area (Å²) < 4.78 is 26.6. The Bertz CT molecular complexity index is 1230. The highest BCUT2D eigenvalue weighted by atomic mass is 32.2. The van der Waals surface area contributed by atoms with Crippen LogP contribution in [0.15, 0.2) is 88.7 Å². The van der Waals surface area contributed by atoms with Crippen molar-refractivity contribution in [3.8, 4) is 0 Å². The zero-order valence-corrected chi connectivity index (χ0v) is 20.7. The van der Waals surface area contributed by atoms with E-state index in [1.807, 2.05) is 36.6 Å². The average molecular weight is 498 g/mol. The molecule has 0 aromatic heterocycles.